The largest absolute Gasteiger partial charge is 0.496 e. The summed E-state index contributed by atoms with van der Waals surface area (Å²) in [5.74, 6) is -2.05. The van der Waals surface area contributed by atoms with Gasteiger partial charge in [0.15, 0.2) is 17.5 Å². The molecule has 0 bridgehead atoms. The van der Waals surface area contributed by atoms with Gasteiger partial charge in [-0.3, -0.25) is 0 Å². The molecule has 0 unspecified atom stereocenters. The van der Waals surface area contributed by atoms with Crippen molar-refractivity contribution in [2.45, 2.75) is 44.9 Å². The maximum Gasteiger partial charge on any atom is 0.194 e. The number of hydrogen-bond donors (Lipinski definition) is 0. The van der Waals surface area contributed by atoms with Gasteiger partial charge in [0.2, 0.25) is 0 Å². The third kappa shape index (κ3) is 3.68. The molecule has 1 saturated carbocycles. The van der Waals surface area contributed by atoms with Crippen molar-refractivity contribution < 1.29 is 17.9 Å². The van der Waals surface area contributed by atoms with Gasteiger partial charge >= 0.3 is 0 Å². The van der Waals surface area contributed by atoms with Gasteiger partial charge in [0.1, 0.15) is 5.75 Å². The Morgan fingerprint density at radius 2 is 1.60 bits per heavy atom. The molecule has 0 aliphatic heterocycles. The topological polar surface area (TPSA) is 9.23 Å². The van der Waals surface area contributed by atoms with Crippen molar-refractivity contribution in [3.8, 4) is 16.9 Å². The van der Waals surface area contributed by atoms with Crippen LogP contribution in [0.1, 0.15) is 50.5 Å². The predicted octanol–water partition coefficient (Wildman–Crippen LogP) is 6.46. The van der Waals surface area contributed by atoms with Gasteiger partial charge in [-0.1, -0.05) is 19.4 Å². The van der Waals surface area contributed by atoms with Crippen molar-refractivity contribution in [3.05, 3.63) is 53.3 Å². The van der Waals surface area contributed by atoms with Crippen molar-refractivity contribution >= 4 is 0 Å². The minimum absolute atomic E-state index is 0.289. The van der Waals surface area contributed by atoms with Gasteiger partial charge in [-0.25, -0.2) is 13.2 Å². The molecule has 0 amide bonds. The van der Waals surface area contributed by atoms with Crippen molar-refractivity contribution in [3.63, 3.8) is 0 Å². The molecule has 1 fully saturated rings. The zero-order valence-electron chi connectivity index (χ0n) is 14.6. The summed E-state index contributed by atoms with van der Waals surface area (Å²) in [5.41, 5.74) is 2.03. The number of ether oxygens (including phenoxy) is 1. The first-order valence-corrected chi connectivity index (χ1v) is 8.86. The first-order valence-electron chi connectivity index (χ1n) is 8.86. The molecule has 0 spiro atoms. The van der Waals surface area contributed by atoms with Gasteiger partial charge < -0.3 is 4.74 Å². The lowest BCUT2D eigenvalue weighted by molar-refractivity contribution is 0.318. The van der Waals surface area contributed by atoms with Crippen LogP contribution in [-0.4, -0.2) is 7.11 Å². The quantitative estimate of drug-likeness (QED) is 0.576. The molecule has 0 aromatic heterocycles. The highest BCUT2D eigenvalue weighted by Crippen LogP contribution is 2.40. The smallest absolute Gasteiger partial charge is 0.194 e. The second-order valence-corrected chi connectivity index (χ2v) is 6.84. The molecule has 2 aromatic carbocycles. The van der Waals surface area contributed by atoms with E-state index in [0.29, 0.717) is 17.2 Å². The van der Waals surface area contributed by atoms with Crippen molar-refractivity contribution in [2.75, 3.05) is 7.11 Å². The summed E-state index contributed by atoms with van der Waals surface area (Å²) in [6.45, 7) is 2.23. The maximum absolute atomic E-state index is 13.6. The molecule has 0 heterocycles. The van der Waals surface area contributed by atoms with E-state index >= 15 is 0 Å². The Labute approximate surface area is 146 Å². The Morgan fingerprint density at radius 1 is 0.960 bits per heavy atom. The summed E-state index contributed by atoms with van der Waals surface area (Å²) in [6, 6.07) is 7.83. The van der Waals surface area contributed by atoms with Gasteiger partial charge in [0.05, 0.1) is 7.11 Å². The summed E-state index contributed by atoms with van der Waals surface area (Å²) in [7, 11) is 1.52. The third-order valence-corrected chi connectivity index (χ3v) is 5.41. The average Bonchev–Trinajstić information content (AvgIpc) is 2.65. The Hall–Kier alpha value is -1.97. The molecule has 134 valence electrons. The van der Waals surface area contributed by atoms with Crippen LogP contribution in [0.5, 0.6) is 5.75 Å². The van der Waals surface area contributed by atoms with Crippen LogP contribution < -0.4 is 4.74 Å². The summed E-state index contributed by atoms with van der Waals surface area (Å²) in [6.07, 6.45) is 5.88. The molecule has 2 aromatic rings. The van der Waals surface area contributed by atoms with E-state index in [2.05, 4.69) is 6.92 Å². The highest BCUT2D eigenvalue weighted by molar-refractivity contribution is 5.71. The lowest BCUT2D eigenvalue weighted by atomic mass is 9.77. The Kier molecular flexibility index (Phi) is 5.36. The molecule has 25 heavy (non-hydrogen) atoms. The van der Waals surface area contributed by atoms with Gasteiger partial charge in [-0.2, -0.15) is 0 Å². The highest BCUT2D eigenvalue weighted by atomic mass is 19.2. The van der Waals surface area contributed by atoms with Gasteiger partial charge in [-0.15, -0.1) is 0 Å². The fraction of sp³-hybridized carbons (Fsp3) is 0.429. The molecule has 1 aliphatic rings. The van der Waals surface area contributed by atoms with E-state index < -0.39 is 17.5 Å². The Morgan fingerprint density at radius 3 is 2.16 bits per heavy atom. The van der Waals surface area contributed by atoms with Crippen molar-refractivity contribution in [2.24, 2.45) is 5.92 Å². The SMILES string of the molecule is CCC1CCC(c2ccc(OC)c(-c3cc(F)c(F)c(F)c3)c2)CC1. The summed E-state index contributed by atoms with van der Waals surface area (Å²) < 4.78 is 45.9. The van der Waals surface area contributed by atoms with Crippen LogP contribution in [0.4, 0.5) is 13.2 Å². The van der Waals surface area contributed by atoms with Gasteiger partial charge in [0.25, 0.3) is 0 Å². The Balaban J connectivity index is 1.96. The van der Waals surface area contributed by atoms with E-state index in [1.807, 2.05) is 18.2 Å². The van der Waals surface area contributed by atoms with Gasteiger partial charge in [-0.05, 0) is 72.9 Å². The minimum Gasteiger partial charge on any atom is -0.496 e. The first kappa shape index (κ1) is 17.8. The number of hydrogen-bond acceptors (Lipinski definition) is 1. The normalized spacial score (nSPS) is 20.5. The van der Waals surface area contributed by atoms with E-state index in [1.54, 1.807) is 0 Å². The standard InChI is InChI=1S/C21H23F3O/c1-3-13-4-6-14(7-5-13)15-8-9-20(25-2)17(10-15)16-11-18(22)21(24)19(23)12-16/h8-14H,3-7H2,1-2H3. The number of methoxy groups -OCH3 is 1. The Bertz CT molecular complexity index is 726. The zero-order valence-corrected chi connectivity index (χ0v) is 14.6. The summed E-state index contributed by atoms with van der Waals surface area (Å²) in [4.78, 5) is 0. The van der Waals surface area contributed by atoms with Crippen LogP contribution >= 0.6 is 0 Å². The fourth-order valence-electron chi connectivity index (χ4n) is 3.82. The van der Waals surface area contributed by atoms with E-state index in [9.17, 15) is 13.2 Å². The average molecular weight is 348 g/mol. The monoisotopic (exact) mass is 348 g/mol. The lowest BCUT2D eigenvalue weighted by Crippen LogP contribution is -2.12. The van der Waals surface area contributed by atoms with Crippen LogP contribution in [-0.2, 0) is 0 Å². The minimum atomic E-state index is -1.45. The summed E-state index contributed by atoms with van der Waals surface area (Å²) >= 11 is 0. The van der Waals surface area contributed by atoms with Crippen LogP contribution in [0.3, 0.4) is 0 Å². The molecule has 3 rings (SSSR count). The van der Waals surface area contributed by atoms with Crippen LogP contribution in [0.25, 0.3) is 11.1 Å². The predicted molar refractivity (Wildman–Crippen MR) is 93.3 cm³/mol. The maximum atomic E-state index is 13.6. The van der Waals surface area contributed by atoms with Crippen LogP contribution in [0, 0.1) is 23.4 Å². The molecular weight excluding hydrogens is 325 g/mol. The van der Waals surface area contributed by atoms with Crippen molar-refractivity contribution in [1.82, 2.24) is 0 Å². The van der Waals surface area contributed by atoms with E-state index in [-0.39, 0.29) is 5.56 Å². The van der Waals surface area contributed by atoms with E-state index in [0.717, 1.165) is 36.5 Å². The molecule has 0 radical (unpaired) electrons. The van der Waals surface area contributed by atoms with Gasteiger partial charge in [0, 0.05) is 5.56 Å². The van der Waals surface area contributed by atoms with Crippen LogP contribution in [0.2, 0.25) is 0 Å². The number of benzene rings is 2. The number of halogens is 3. The zero-order chi connectivity index (χ0) is 18.0. The summed E-state index contributed by atoms with van der Waals surface area (Å²) in [5, 5.41) is 0. The molecule has 1 aliphatic carbocycles. The molecule has 0 atom stereocenters. The second-order valence-electron chi connectivity index (χ2n) is 6.84. The molecule has 1 nitrogen and oxygen atoms in total. The van der Waals surface area contributed by atoms with Crippen molar-refractivity contribution in [1.29, 1.82) is 0 Å². The van der Waals surface area contributed by atoms with Crippen LogP contribution in [0.15, 0.2) is 30.3 Å². The molecular formula is C21H23F3O. The third-order valence-electron chi connectivity index (χ3n) is 5.41. The second kappa shape index (κ2) is 7.51. The highest BCUT2D eigenvalue weighted by Gasteiger charge is 2.23. The fourth-order valence-corrected chi connectivity index (χ4v) is 3.82. The molecule has 0 saturated heterocycles. The molecule has 4 heteroatoms. The van der Waals surface area contributed by atoms with E-state index in [1.165, 1.54) is 26.4 Å². The molecule has 0 N–H and O–H groups in total. The first-order chi connectivity index (χ1) is 12.0. The number of rotatable bonds is 4. The van der Waals surface area contributed by atoms with E-state index in [4.69, 9.17) is 4.74 Å². The lowest BCUT2D eigenvalue weighted by Gasteiger charge is -2.28.